The van der Waals surface area contributed by atoms with E-state index in [0.29, 0.717) is 18.2 Å². The molecule has 1 unspecified atom stereocenters. The Bertz CT molecular complexity index is 475. The minimum absolute atomic E-state index is 0. The van der Waals surface area contributed by atoms with Gasteiger partial charge >= 0.3 is 0 Å². The van der Waals surface area contributed by atoms with Crippen molar-refractivity contribution < 1.29 is 8.78 Å². The van der Waals surface area contributed by atoms with Crippen LogP contribution in [0.2, 0.25) is 0 Å². The highest BCUT2D eigenvalue weighted by Crippen LogP contribution is 2.20. The van der Waals surface area contributed by atoms with Crippen LogP contribution in [0.1, 0.15) is 31.2 Å². The van der Waals surface area contributed by atoms with Crippen LogP contribution >= 0.6 is 24.0 Å². The lowest BCUT2D eigenvalue weighted by atomic mass is 10.0. The number of aliphatic imine (C=N–C) groups is 1. The first kappa shape index (κ1) is 17.1. The van der Waals surface area contributed by atoms with Crippen LogP contribution in [-0.2, 0) is 0 Å². The third-order valence-corrected chi connectivity index (χ3v) is 3.21. The van der Waals surface area contributed by atoms with E-state index in [0.717, 1.165) is 12.0 Å². The highest BCUT2D eigenvalue weighted by atomic mass is 127. The van der Waals surface area contributed by atoms with E-state index in [2.05, 4.69) is 15.6 Å². The molecule has 0 bridgehead atoms. The number of hydrogen-bond acceptors (Lipinski definition) is 1. The summed E-state index contributed by atoms with van der Waals surface area (Å²) in [5.74, 6) is -0.373. The van der Waals surface area contributed by atoms with Crippen LogP contribution in [0.3, 0.4) is 0 Å². The third kappa shape index (κ3) is 4.88. The lowest BCUT2D eigenvalue weighted by Crippen LogP contribution is -2.40. The summed E-state index contributed by atoms with van der Waals surface area (Å²) < 4.78 is 26.5. The van der Waals surface area contributed by atoms with Gasteiger partial charge in [-0.15, -0.1) is 24.0 Å². The smallest absolute Gasteiger partial charge is 0.191 e. The number of guanidine groups is 1. The van der Waals surface area contributed by atoms with E-state index >= 15 is 0 Å². The molecule has 0 saturated heterocycles. The Balaban J connectivity index is 0.00000200. The van der Waals surface area contributed by atoms with Gasteiger partial charge in [-0.3, -0.25) is 4.99 Å². The number of halogens is 3. The molecule has 112 valence electrons. The zero-order chi connectivity index (χ0) is 13.8. The summed E-state index contributed by atoms with van der Waals surface area (Å²) in [5, 5.41) is 6.42. The van der Waals surface area contributed by atoms with E-state index in [9.17, 15) is 8.78 Å². The molecule has 1 aromatic carbocycles. The molecule has 2 rings (SSSR count). The first-order valence-corrected chi connectivity index (χ1v) is 6.52. The molecule has 2 N–H and O–H groups in total. The SMILES string of the molecule is CN=C(NCC(C)c1ccc(F)cc1F)NC1CC1.I. The number of nitrogens with zero attached hydrogens (tertiary/aromatic N) is 1. The van der Waals surface area contributed by atoms with E-state index < -0.39 is 11.6 Å². The maximum atomic E-state index is 13.6. The van der Waals surface area contributed by atoms with Crippen LogP contribution in [0.4, 0.5) is 8.78 Å². The lowest BCUT2D eigenvalue weighted by Gasteiger charge is -2.16. The van der Waals surface area contributed by atoms with Crippen molar-refractivity contribution in [3.63, 3.8) is 0 Å². The molecule has 20 heavy (non-hydrogen) atoms. The Kier molecular flexibility index (Phi) is 6.64. The molecule has 0 spiro atoms. The fourth-order valence-electron chi connectivity index (χ4n) is 1.88. The topological polar surface area (TPSA) is 36.4 Å². The van der Waals surface area contributed by atoms with Crippen molar-refractivity contribution in [2.24, 2.45) is 4.99 Å². The van der Waals surface area contributed by atoms with E-state index in [-0.39, 0.29) is 29.9 Å². The second-order valence-electron chi connectivity index (χ2n) is 4.94. The van der Waals surface area contributed by atoms with Crippen LogP contribution in [0.5, 0.6) is 0 Å². The van der Waals surface area contributed by atoms with Gasteiger partial charge in [0.05, 0.1) is 0 Å². The normalized spacial score (nSPS) is 16.3. The molecule has 0 aliphatic heterocycles. The van der Waals surface area contributed by atoms with Gasteiger partial charge in [-0.25, -0.2) is 8.78 Å². The van der Waals surface area contributed by atoms with Crippen molar-refractivity contribution in [2.45, 2.75) is 31.7 Å². The maximum absolute atomic E-state index is 13.6. The van der Waals surface area contributed by atoms with E-state index in [1.165, 1.54) is 25.0 Å². The van der Waals surface area contributed by atoms with Crippen molar-refractivity contribution >= 4 is 29.9 Å². The fourth-order valence-corrected chi connectivity index (χ4v) is 1.88. The first-order chi connectivity index (χ1) is 9.10. The van der Waals surface area contributed by atoms with Gasteiger partial charge in [-0.2, -0.15) is 0 Å². The monoisotopic (exact) mass is 395 g/mol. The van der Waals surface area contributed by atoms with Gasteiger partial charge in [0, 0.05) is 31.6 Å². The molecular weight excluding hydrogens is 375 g/mol. The predicted molar refractivity (Wildman–Crippen MR) is 87.7 cm³/mol. The zero-order valence-electron chi connectivity index (χ0n) is 11.6. The Morgan fingerprint density at radius 2 is 2.10 bits per heavy atom. The van der Waals surface area contributed by atoms with Gasteiger partial charge in [0.15, 0.2) is 5.96 Å². The quantitative estimate of drug-likeness (QED) is 0.467. The third-order valence-electron chi connectivity index (χ3n) is 3.21. The molecule has 0 amide bonds. The molecule has 1 fully saturated rings. The zero-order valence-corrected chi connectivity index (χ0v) is 13.9. The van der Waals surface area contributed by atoms with Crippen LogP contribution < -0.4 is 10.6 Å². The minimum Gasteiger partial charge on any atom is -0.356 e. The van der Waals surface area contributed by atoms with Crippen molar-refractivity contribution in [3.05, 3.63) is 35.4 Å². The molecular formula is C14H20F2IN3. The Morgan fingerprint density at radius 3 is 2.65 bits per heavy atom. The lowest BCUT2D eigenvalue weighted by molar-refractivity contribution is 0.556. The molecule has 1 aliphatic carbocycles. The summed E-state index contributed by atoms with van der Waals surface area (Å²) in [5.41, 5.74) is 0.510. The second kappa shape index (κ2) is 7.75. The van der Waals surface area contributed by atoms with E-state index in [1.807, 2.05) is 6.92 Å². The average molecular weight is 395 g/mol. The first-order valence-electron chi connectivity index (χ1n) is 6.52. The number of rotatable bonds is 4. The van der Waals surface area contributed by atoms with Gasteiger partial charge in [-0.05, 0) is 24.5 Å². The molecule has 6 heteroatoms. The fraction of sp³-hybridized carbons (Fsp3) is 0.500. The number of benzene rings is 1. The van der Waals surface area contributed by atoms with E-state index in [4.69, 9.17) is 0 Å². The van der Waals surface area contributed by atoms with Crippen LogP contribution in [0.25, 0.3) is 0 Å². The minimum atomic E-state index is -0.549. The largest absolute Gasteiger partial charge is 0.356 e. The summed E-state index contributed by atoms with van der Waals surface area (Å²) in [6.45, 7) is 2.45. The molecule has 0 heterocycles. The average Bonchev–Trinajstić information content (AvgIpc) is 3.18. The highest BCUT2D eigenvalue weighted by molar-refractivity contribution is 14.0. The summed E-state index contributed by atoms with van der Waals surface area (Å²) in [4.78, 5) is 4.11. The summed E-state index contributed by atoms with van der Waals surface area (Å²) in [6.07, 6.45) is 2.34. The van der Waals surface area contributed by atoms with Gasteiger partial charge in [0.2, 0.25) is 0 Å². The Labute approximate surface area is 135 Å². The Hall–Kier alpha value is -0.920. The summed E-state index contributed by atoms with van der Waals surface area (Å²) in [7, 11) is 1.71. The van der Waals surface area contributed by atoms with Crippen molar-refractivity contribution in [1.29, 1.82) is 0 Å². The highest BCUT2D eigenvalue weighted by Gasteiger charge is 2.22. The van der Waals surface area contributed by atoms with E-state index in [1.54, 1.807) is 7.05 Å². The second-order valence-corrected chi connectivity index (χ2v) is 4.94. The number of nitrogens with one attached hydrogen (secondary N) is 2. The molecule has 1 aromatic rings. The van der Waals surface area contributed by atoms with Crippen LogP contribution in [0.15, 0.2) is 23.2 Å². The molecule has 0 radical (unpaired) electrons. The van der Waals surface area contributed by atoms with Crippen molar-refractivity contribution in [3.8, 4) is 0 Å². The van der Waals surface area contributed by atoms with Gasteiger partial charge < -0.3 is 10.6 Å². The standard InChI is InChI=1S/C14H19F2N3.HI/c1-9(12-6-3-10(15)7-13(12)16)8-18-14(17-2)19-11-4-5-11;/h3,6-7,9,11H,4-5,8H2,1-2H3,(H2,17,18,19);1H. The number of hydrogen-bond donors (Lipinski definition) is 2. The molecule has 3 nitrogen and oxygen atoms in total. The molecule has 1 saturated carbocycles. The molecule has 1 aliphatic rings. The van der Waals surface area contributed by atoms with Gasteiger partial charge in [0.1, 0.15) is 11.6 Å². The predicted octanol–water partition coefficient (Wildman–Crippen LogP) is 3.01. The van der Waals surface area contributed by atoms with Crippen molar-refractivity contribution in [2.75, 3.05) is 13.6 Å². The molecule has 1 atom stereocenters. The van der Waals surface area contributed by atoms with Crippen molar-refractivity contribution in [1.82, 2.24) is 10.6 Å². The van der Waals surface area contributed by atoms with Gasteiger partial charge in [-0.1, -0.05) is 13.0 Å². The van der Waals surface area contributed by atoms with Crippen LogP contribution in [-0.4, -0.2) is 25.6 Å². The summed E-state index contributed by atoms with van der Waals surface area (Å²) in [6, 6.07) is 4.22. The maximum Gasteiger partial charge on any atom is 0.191 e. The van der Waals surface area contributed by atoms with Crippen LogP contribution in [0, 0.1) is 11.6 Å². The summed E-state index contributed by atoms with van der Waals surface area (Å²) >= 11 is 0. The molecule has 0 aromatic heterocycles. The van der Waals surface area contributed by atoms with Gasteiger partial charge in [0.25, 0.3) is 0 Å². The Morgan fingerprint density at radius 1 is 1.40 bits per heavy atom.